The normalized spacial score (nSPS) is 13.8. The number of benzene rings is 4. The van der Waals surface area contributed by atoms with Gasteiger partial charge in [0.1, 0.15) is 5.82 Å². The van der Waals surface area contributed by atoms with Crippen LogP contribution in [0.2, 0.25) is 0 Å². The molecule has 0 unspecified atom stereocenters. The van der Waals surface area contributed by atoms with Gasteiger partial charge in [0.05, 0.1) is 16.2 Å². The van der Waals surface area contributed by atoms with Crippen molar-refractivity contribution in [1.82, 2.24) is 20.6 Å². The molecule has 2 heterocycles. The van der Waals surface area contributed by atoms with E-state index in [2.05, 4.69) is 36.0 Å². The molecular weight excluding hydrogens is 550 g/mol. The Kier molecular flexibility index (Phi) is 7.48. The van der Waals surface area contributed by atoms with Crippen molar-refractivity contribution in [2.45, 2.75) is 24.2 Å². The minimum Gasteiger partial charge on any atom is -0.354 e. The van der Waals surface area contributed by atoms with Gasteiger partial charge in [-0.3, -0.25) is 9.52 Å². The Morgan fingerprint density at radius 2 is 1.55 bits per heavy atom. The molecule has 1 aromatic heterocycles. The molecule has 1 aliphatic rings. The number of H-pyrrole nitrogens is 1. The summed E-state index contributed by atoms with van der Waals surface area (Å²) >= 11 is 0. The topological polar surface area (TPSA) is 142 Å². The third-order valence-corrected chi connectivity index (χ3v) is 8.25. The van der Waals surface area contributed by atoms with E-state index in [0.29, 0.717) is 28.2 Å². The van der Waals surface area contributed by atoms with E-state index in [1.54, 1.807) is 30.3 Å². The van der Waals surface area contributed by atoms with Crippen LogP contribution in [0.1, 0.15) is 28.9 Å². The summed E-state index contributed by atoms with van der Waals surface area (Å²) in [5.41, 5.74) is 5.17. The maximum absolute atomic E-state index is 13.4. The fraction of sp³-hybridized carbons (Fsp3) is 0.0968. The predicted molar refractivity (Wildman–Crippen MR) is 162 cm³/mol. The fourth-order valence-corrected chi connectivity index (χ4v) is 5.89. The van der Waals surface area contributed by atoms with Crippen molar-refractivity contribution in [3.05, 3.63) is 126 Å². The summed E-state index contributed by atoms with van der Waals surface area (Å²) in [7, 11) is -3.90. The van der Waals surface area contributed by atoms with E-state index in [9.17, 15) is 13.2 Å². The number of para-hydroxylation sites is 1. The van der Waals surface area contributed by atoms with E-state index in [4.69, 9.17) is 0 Å². The molecule has 1 amide bonds. The Morgan fingerprint density at radius 3 is 2.26 bits per heavy atom. The minimum atomic E-state index is -3.90. The maximum atomic E-state index is 13.4. The zero-order valence-corrected chi connectivity index (χ0v) is 23.2. The summed E-state index contributed by atoms with van der Waals surface area (Å²) in [4.78, 5) is 13.4. The van der Waals surface area contributed by atoms with Gasteiger partial charge in [0, 0.05) is 29.0 Å². The summed E-state index contributed by atoms with van der Waals surface area (Å²) in [6, 6.07) is 30.8. The monoisotopic (exact) mass is 577 g/mol. The molecule has 0 aliphatic carbocycles. The SMILES string of the molecule is O=C1Nc2ccc(S(=O)(=O)Nc3ccccc3)cc2/C1=C(/Nc1ccc(CCCc2nnn[nH]2)cc1)c1ccccc1. The zero-order chi connectivity index (χ0) is 28.9. The molecule has 42 heavy (non-hydrogen) atoms. The Morgan fingerprint density at radius 1 is 0.810 bits per heavy atom. The number of hydrogen-bond donors (Lipinski definition) is 4. The molecule has 0 spiro atoms. The lowest BCUT2D eigenvalue weighted by atomic mass is 10.00. The van der Waals surface area contributed by atoms with Crippen molar-refractivity contribution in [2.24, 2.45) is 0 Å². The molecule has 11 heteroatoms. The van der Waals surface area contributed by atoms with Crippen molar-refractivity contribution in [1.29, 1.82) is 0 Å². The third-order valence-electron chi connectivity index (χ3n) is 6.88. The number of nitrogens with one attached hydrogen (secondary N) is 4. The van der Waals surface area contributed by atoms with E-state index >= 15 is 0 Å². The van der Waals surface area contributed by atoms with Crippen molar-refractivity contribution < 1.29 is 13.2 Å². The highest BCUT2D eigenvalue weighted by molar-refractivity contribution is 7.92. The summed E-state index contributed by atoms with van der Waals surface area (Å²) in [6.07, 6.45) is 2.51. The lowest BCUT2D eigenvalue weighted by Crippen LogP contribution is -2.13. The predicted octanol–water partition coefficient (Wildman–Crippen LogP) is 5.11. The van der Waals surface area contributed by atoms with Gasteiger partial charge < -0.3 is 10.6 Å². The van der Waals surface area contributed by atoms with Crippen LogP contribution in [0, 0.1) is 0 Å². The molecular formula is C31H27N7O3S. The molecule has 1 aliphatic heterocycles. The molecule has 6 rings (SSSR count). The summed E-state index contributed by atoms with van der Waals surface area (Å²) in [5, 5.41) is 20.2. The van der Waals surface area contributed by atoms with Crippen LogP contribution >= 0.6 is 0 Å². The van der Waals surface area contributed by atoms with Crippen LogP contribution in [0.15, 0.2) is 108 Å². The largest absolute Gasteiger partial charge is 0.354 e. The quantitative estimate of drug-likeness (QED) is 0.169. The molecule has 0 fully saturated rings. The highest BCUT2D eigenvalue weighted by Crippen LogP contribution is 2.39. The first kappa shape index (κ1) is 26.9. The number of carbonyl (C=O) groups excluding carboxylic acids is 1. The number of aryl methyl sites for hydroxylation is 2. The standard InChI is InChI=1S/C31H27N7O3S/c39-31-29(26-20-25(18-19-27(26)33-31)42(40,41)36-24-11-5-2-6-12-24)30(22-9-3-1-4-10-22)32-23-16-14-21(15-17-23)8-7-13-28-34-37-38-35-28/h1-6,9-12,14-20,32,36H,7-8,13H2,(H,33,39)(H,34,35,37,38)/b30-29-. The smallest absolute Gasteiger partial charge is 0.261 e. The number of fused-ring (bicyclic) bond motifs is 1. The third kappa shape index (κ3) is 5.91. The number of nitrogens with zero attached hydrogens (tertiary/aromatic N) is 3. The average molecular weight is 578 g/mol. The first-order valence-electron chi connectivity index (χ1n) is 13.4. The van der Waals surface area contributed by atoms with Gasteiger partial charge in [-0.25, -0.2) is 13.5 Å². The van der Waals surface area contributed by atoms with Crippen LogP contribution < -0.4 is 15.4 Å². The van der Waals surface area contributed by atoms with Crippen molar-refractivity contribution in [2.75, 3.05) is 15.4 Å². The minimum absolute atomic E-state index is 0.0528. The van der Waals surface area contributed by atoms with E-state index in [0.717, 1.165) is 41.9 Å². The number of rotatable bonds is 10. The number of tetrazole rings is 1. The molecule has 0 bridgehead atoms. The van der Waals surface area contributed by atoms with Crippen molar-refractivity contribution in [3.63, 3.8) is 0 Å². The number of sulfonamides is 1. The van der Waals surface area contributed by atoms with Gasteiger partial charge in [-0.15, -0.1) is 5.10 Å². The van der Waals surface area contributed by atoms with Crippen LogP contribution in [-0.4, -0.2) is 34.9 Å². The van der Waals surface area contributed by atoms with E-state index < -0.39 is 10.0 Å². The Labute approximate surface area is 242 Å². The molecule has 0 saturated heterocycles. The maximum Gasteiger partial charge on any atom is 0.261 e. The number of aromatic amines is 1. The van der Waals surface area contributed by atoms with Crippen LogP contribution in [-0.2, 0) is 27.7 Å². The summed E-state index contributed by atoms with van der Waals surface area (Å²) in [5.74, 6) is 0.440. The second kappa shape index (κ2) is 11.7. The molecule has 0 radical (unpaired) electrons. The Balaban J connectivity index is 1.31. The fourth-order valence-electron chi connectivity index (χ4n) is 4.81. The van der Waals surface area contributed by atoms with Crippen LogP contribution in [0.25, 0.3) is 11.3 Å². The molecule has 4 N–H and O–H groups in total. The number of aromatic nitrogens is 4. The number of hydrogen-bond acceptors (Lipinski definition) is 7. The van der Waals surface area contributed by atoms with E-state index in [1.807, 2.05) is 60.7 Å². The van der Waals surface area contributed by atoms with Crippen molar-refractivity contribution >= 4 is 44.3 Å². The lowest BCUT2D eigenvalue weighted by Gasteiger charge is -2.16. The molecule has 210 valence electrons. The molecule has 10 nitrogen and oxygen atoms in total. The van der Waals surface area contributed by atoms with Gasteiger partial charge in [0.15, 0.2) is 0 Å². The van der Waals surface area contributed by atoms with Crippen LogP contribution in [0.3, 0.4) is 0 Å². The highest BCUT2D eigenvalue weighted by Gasteiger charge is 2.30. The van der Waals surface area contributed by atoms with Gasteiger partial charge in [-0.05, 0) is 76.9 Å². The van der Waals surface area contributed by atoms with Crippen LogP contribution in [0.4, 0.5) is 17.1 Å². The first-order valence-corrected chi connectivity index (χ1v) is 14.9. The van der Waals surface area contributed by atoms with Gasteiger partial charge in [-0.2, -0.15) is 0 Å². The summed E-state index contributed by atoms with van der Waals surface area (Å²) in [6.45, 7) is 0. The van der Waals surface area contributed by atoms with Crippen LogP contribution in [0.5, 0.6) is 0 Å². The number of amides is 1. The second-order valence-electron chi connectivity index (χ2n) is 9.77. The Bertz CT molecular complexity index is 1840. The molecule has 0 saturated carbocycles. The second-order valence-corrected chi connectivity index (χ2v) is 11.5. The number of anilines is 3. The molecule has 0 atom stereocenters. The van der Waals surface area contributed by atoms with E-state index in [-0.39, 0.29) is 10.8 Å². The molecule has 4 aromatic carbocycles. The number of carbonyl (C=O) groups is 1. The van der Waals surface area contributed by atoms with Gasteiger partial charge in [0.2, 0.25) is 0 Å². The van der Waals surface area contributed by atoms with Gasteiger partial charge >= 0.3 is 0 Å². The zero-order valence-electron chi connectivity index (χ0n) is 22.4. The van der Waals surface area contributed by atoms with Gasteiger partial charge in [0.25, 0.3) is 15.9 Å². The Hall–Kier alpha value is -5.29. The first-order chi connectivity index (χ1) is 20.5. The highest BCUT2D eigenvalue weighted by atomic mass is 32.2. The van der Waals surface area contributed by atoms with Crippen molar-refractivity contribution in [3.8, 4) is 0 Å². The van der Waals surface area contributed by atoms with Gasteiger partial charge in [-0.1, -0.05) is 60.7 Å². The van der Waals surface area contributed by atoms with E-state index in [1.165, 1.54) is 12.1 Å². The lowest BCUT2D eigenvalue weighted by molar-refractivity contribution is -0.110. The average Bonchev–Trinajstić information content (AvgIpc) is 3.64. The summed E-state index contributed by atoms with van der Waals surface area (Å²) < 4.78 is 29.1. The molecule has 5 aromatic rings.